The van der Waals surface area contributed by atoms with Crippen LogP contribution in [0.4, 0.5) is 5.69 Å². The molecule has 9 heteroatoms. The topological polar surface area (TPSA) is 99.2 Å². The van der Waals surface area contributed by atoms with Gasteiger partial charge in [-0.25, -0.2) is 8.42 Å². The maximum absolute atomic E-state index is 12.8. The minimum absolute atomic E-state index is 0.0573. The summed E-state index contributed by atoms with van der Waals surface area (Å²) in [6.45, 7) is 7.25. The van der Waals surface area contributed by atoms with E-state index < -0.39 is 10.0 Å². The zero-order valence-electron chi connectivity index (χ0n) is 15.9. The summed E-state index contributed by atoms with van der Waals surface area (Å²) in [7, 11) is -2.21. The zero-order valence-corrected chi connectivity index (χ0v) is 16.7. The molecule has 27 heavy (non-hydrogen) atoms. The Balaban J connectivity index is 1.92. The maximum Gasteiger partial charge on any atom is 0.267 e. The average Bonchev–Trinajstić information content (AvgIpc) is 3.09. The summed E-state index contributed by atoms with van der Waals surface area (Å²) in [5.41, 5.74) is 3.08. The second-order valence-corrected chi connectivity index (χ2v) is 7.93. The Hall–Kier alpha value is -2.81. The Morgan fingerprint density at radius 1 is 1.19 bits per heavy atom. The fourth-order valence-corrected chi connectivity index (χ4v) is 4.49. The first-order valence-corrected chi connectivity index (χ1v) is 9.84. The number of benzene rings is 1. The van der Waals surface area contributed by atoms with Gasteiger partial charge in [-0.1, -0.05) is 17.3 Å². The van der Waals surface area contributed by atoms with Crippen molar-refractivity contribution in [3.8, 4) is 5.75 Å². The third-order valence-corrected chi connectivity index (χ3v) is 5.91. The Bertz CT molecular complexity index is 1060. The third kappa shape index (κ3) is 3.68. The summed E-state index contributed by atoms with van der Waals surface area (Å²) >= 11 is 0. The van der Waals surface area contributed by atoms with Crippen molar-refractivity contribution in [2.45, 2.75) is 39.1 Å². The molecule has 2 aromatic heterocycles. The number of hydrogen-bond acceptors (Lipinski definition) is 6. The lowest BCUT2D eigenvalue weighted by Crippen LogP contribution is -2.15. The Morgan fingerprint density at radius 3 is 2.56 bits per heavy atom. The van der Waals surface area contributed by atoms with E-state index in [-0.39, 0.29) is 10.7 Å². The highest BCUT2D eigenvalue weighted by Crippen LogP contribution is 2.27. The number of anilines is 1. The molecule has 1 N–H and O–H groups in total. The van der Waals surface area contributed by atoms with Gasteiger partial charge in [0.1, 0.15) is 11.4 Å². The van der Waals surface area contributed by atoms with Crippen molar-refractivity contribution in [1.82, 2.24) is 14.9 Å². The summed E-state index contributed by atoms with van der Waals surface area (Å²) in [6, 6.07) is 7.66. The summed E-state index contributed by atoms with van der Waals surface area (Å²) in [5, 5.41) is 8.20. The number of sulfonamides is 1. The molecule has 3 aromatic rings. The number of aryl methyl sites for hydroxylation is 3. The van der Waals surface area contributed by atoms with Gasteiger partial charge in [-0.05, 0) is 45.4 Å². The van der Waals surface area contributed by atoms with Gasteiger partial charge in [-0.3, -0.25) is 9.40 Å². The van der Waals surface area contributed by atoms with E-state index in [1.165, 1.54) is 0 Å². The van der Waals surface area contributed by atoms with E-state index in [1.54, 1.807) is 32.6 Å². The van der Waals surface area contributed by atoms with E-state index in [0.29, 0.717) is 29.3 Å². The number of methoxy groups -OCH3 is 1. The summed E-state index contributed by atoms with van der Waals surface area (Å²) < 4.78 is 40.2. The predicted octanol–water partition coefficient (Wildman–Crippen LogP) is 2.96. The molecule has 1 aromatic carbocycles. The minimum Gasteiger partial charge on any atom is -0.497 e. The second-order valence-electron chi connectivity index (χ2n) is 6.31. The lowest BCUT2D eigenvalue weighted by atomic mass is 10.2. The van der Waals surface area contributed by atoms with Crippen molar-refractivity contribution in [2.75, 3.05) is 11.8 Å². The molecule has 2 heterocycles. The van der Waals surface area contributed by atoms with Crippen LogP contribution in [0.15, 0.2) is 33.7 Å². The first-order chi connectivity index (χ1) is 12.7. The highest BCUT2D eigenvalue weighted by Gasteiger charge is 2.26. The molecule has 0 saturated heterocycles. The normalized spacial score (nSPS) is 11.6. The first kappa shape index (κ1) is 19.0. The number of rotatable bonds is 6. The number of hydrogen-bond donors (Lipinski definition) is 1. The molecule has 0 amide bonds. The number of nitrogens with zero attached hydrogens (tertiary/aromatic N) is 3. The number of nitrogens with one attached hydrogen (secondary N) is 1. The molecule has 144 valence electrons. The molecule has 0 fully saturated rings. The predicted molar refractivity (Wildman–Crippen MR) is 101 cm³/mol. The van der Waals surface area contributed by atoms with Crippen molar-refractivity contribution >= 4 is 15.7 Å². The van der Waals surface area contributed by atoms with E-state index in [2.05, 4.69) is 15.0 Å². The van der Waals surface area contributed by atoms with Crippen molar-refractivity contribution < 1.29 is 17.7 Å². The molecule has 0 unspecified atom stereocenters. The standard InChI is InChI=1S/C18H22N4O4S/c1-11-17(21-27(23,24)18-12(2)20-26-14(18)4)13(3)22(19-11)10-15-7-6-8-16(9-15)25-5/h6-9,21H,10H2,1-5H3. The molecule has 3 rings (SSSR count). The van der Waals surface area contributed by atoms with Crippen molar-refractivity contribution in [1.29, 1.82) is 0 Å². The summed E-state index contributed by atoms with van der Waals surface area (Å²) in [5.74, 6) is 1.01. The Kier molecular flexibility index (Phi) is 4.97. The van der Waals surface area contributed by atoms with Gasteiger partial charge in [-0.15, -0.1) is 0 Å². The van der Waals surface area contributed by atoms with E-state index in [9.17, 15) is 8.42 Å². The SMILES string of the molecule is COc1cccc(Cn2nc(C)c(NS(=O)(=O)c3c(C)noc3C)c2C)c1. The van der Waals surface area contributed by atoms with E-state index in [1.807, 2.05) is 31.2 Å². The van der Waals surface area contributed by atoms with Crippen LogP contribution in [0.2, 0.25) is 0 Å². The van der Waals surface area contributed by atoms with Gasteiger partial charge in [0.25, 0.3) is 10.0 Å². The fraction of sp³-hybridized carbons (Fsp3) is 0.333. The van der Waals surface area contributed by atoms with Crippen LogP contribution in [0.25, 0.3) is 0 Å². The molecule has 0 saturated carbocycles. The van der Waals surface area contributed by atoms with Crippen LogP contribution < -0.4 is 9.46 Å². The fourth-order valence-electron chi connectivity index (χ4n) is 2.99. The molecular formula is C18H22N4O4S. The van der Waals surface area contributed by atoms with Gasteiger partial charge in [0.2, 0.25) is 0 Å². The Labute approximate surface area is 158 Å². The maximum atomic E-state index is 12.8. The largest absolute Gasteiger partial charge is 0.497 e. The van der Waals surface area contributed by atoms with E-state index in [0.717, 1.165) is 11.3 Å². The minimum atomic E-state index is -3.83. The van der Waals surface area contributed by atoms with Crippen LogP contribution in [0.1, 0.15) is 28.4 Å². The van der Waals surface area contributed by atoms with Gasteiger partial charge < -0.3 is 9.26 Å². The van der Waals surface area contributed by atoms with Gasteiger partial charge >= 0.3 is 0 Å². The molecule has 0 aliphatic heterocycles. The summed E-state index contributed by atoms with van der Waals surface area (Å²) in [6.07, 6.45) is 0. The van der Waals surface area contributed by atoms with Gasteiger partial charge in [0.15, 0.2) is 10.7 Å². The summed E-state index contributed by atoms with van der Waals surface area (Å²) in [4.78, 5) is 0.0573. The molecule has 0 aliphatic rings. The number of ether oxygens (including phenoxy) is 1. The van der Waals surface area contributed by atoms with Crippen molar-refractivity contribution in [3.63, 3.8) is 0 Å². The quantitative estimate of drug-likeness (QED) is 0.695. The van der Waals surface area contributed by atoms with E-state index >= 15 is 0 Å². The van der Waals surface area contributed by atoms with E-state index in [4.69, 9.17) is 9.26 Å². The highest BCUT2D eigenvalue weighted by atomic mass is 32.2. The number of aromatic nitrogens is 3. The van der Waals surface area contributed by atoms with Gasteiger partial charge in [-0.2, -0.15) is 5.10 Å². The lowest BCUT2D eigenvalue weighted by molar-refractivity contribution is 0.390. The Morgan fingerprint density at radius 2 is 1.93 bits per heavy atom. The van der Waals surface area contributed by atoms with Crippen LogP contribution in [0, 0.1) is 27.7 Å². The monoisotopic (exact) mass is 390 g/mol. The smallest absolute Gasteiger partial charge is 0.267 e. The van der Waals surface area contributed by atoms with Crippen LogP contribution >= 0.6 is 0 Å². The lowest BCUT2D eigenvalue weighted by Gasteiger charge is -2.09. The van der Waals surface area contributed by atoms with Crippen LogP contribution in [-0.4, -0.2) is 30.5 Å². The molecule has 0 spiro atoms. The van der Waals surface area contributed by atoms with Crippen LogP contribution in [-0.2, 0) is 16.6 Å². The van der Waals surface area contributed by atoms with Crippen LogP contribution in [0.5, 0.6) is 5.75 Å². The van der Waals surface area contributed by atoms with Gasteiger partial charge in [0, 0.05) is 0 Å². The molecule has 0 bridgehead atoms. The molecule has 8 nitrogen and oxygen atoms in total. The molecule has 0 atom stereocenters. The average molecular weight is 390 g/mol. The third-order valence-electron chi connectivity index (χ3n) is 4.32. The van der Waals surface area contributed by atoms with Crippen molar-refractivity contribution in [3.05, 3.63) is 52.7 Å². The molecular weight excluding hydrogens is 368 g/mol. The van der Waals surface area contributed by atoms with Crippen LogP contribution in [0.3, 0.4) is 0 Å². The highest BCUT2D eigenvalue weighted by molar-refractivity contribution is 7.92. The van der Waals surface area contributed by atoms with Gasteiger partial charge in [0.05, 0.1) is 30.7 Å². The zero-order chi connectivity index (χ0) is 19.8. The second kappa shape index (κ2) is 7.07. The first-order valence-electron chi connectivity index (χ1n) is 8.35. The molecule has 0 radical (unpaired) electrons. The molecule has 0 aliphatic carbocycles. The van der Waals surface area contributed by atoms with Crippen molar-refractivity contribution in [2.24, 2.45) is 0 Å².